The molecule has 1 heterocycles. The van der Waals surface area contributed by atoms with Gasteiger partial charge < -0.3 is 14.4 Å². The highest BCUT2D eigenvalue weighted by atomic mass is 16.5. The van der Waals surface area contributed by atoms with E-state index in [1.807, 2.05) is 0 Å². The highest BCUT2D eigenvalue weighted by molar-refractivity contribution is 5.72. The number of rotatable bonds is 39. The van der Waals surface area contributed by atoms with Crippen molar-refractivity contribution < 1.29 is 19.1 Å². The molecule has 314 valence electrons. The predicted octanol–water partition coefficient (Wildman–Crippen LogP) is 14.6. The van der Waals surface area contributed by atoms with Gasteiger partial charge in [-0.05, 0) is 96.1 Å². The van der Waals surface area contributed by atoms with E-state index < -0.39 is 0 Å². The summed E-state index contributed by atoms with van der Waals surface area (Å²) in [6, 6.07) is 0.642. The van der Waals surface area contributed by atoms with Crippen LogP contribution < -0.4 is 0 Å². The molecule has 0 radical (unpaired) electrons. The minimum atomic E-state index is 0.0734. The normalized spacial score (nSPS) is 17.3. The van der Waals surface area contributed by atoms with Crippen LogP contribution >= 0.6 is 0 Å². The molecule has 0 amide bonds. The van der Waals surface area contributed by atoms with Crippen LogP contribution in [0.25, 0.3) is 0 Å². The number of carbonyl (C=O) groups is 2. The summed E-state index contributed by atoms with van der Waals surface area (Å²) in [5.74, 6) is 1.07. The van der Waals surface area contributed by atoms with Gasteiger partial charge in [-0.3, -0.25) is 9.59 Å². The van der Waals surface area contributed by atoms with Gasteiger partial charge in [-0.2, -0.15) is 0 Å². The van der Waals surface area contributed by atoms with Crippen molar-refractivity contribution >= 4 is 11.9 Å². The van der Waals surface area contributed by atoms with E-state index in [1.165, 1.54) is 148 Å². The van der Waals surface area contributed by atoms with Gasteiger partial charge in [-0.15, -0.1) is 0 Å². The van der Waals surface area contributed by atoms with Crippen LogP contribution in [0.3, 0.4) is 0 Å². The summed E-state index contributed by atoms with van der Waals surface area (Å²) in [7, 11) is 0. The Hall–Kier alpha value is -1.10. The zero-order valence-electron chi connectivity index (χ0n) is 36.6. The van der Waals surface area contributed by atoms with E-state index in [4.69, 9.17) is 9.47 Å². The SMILES string of the molecule is CCCCCCCCC(CCCCCC)C(=O)OCCCCC1CCN(CCCC)C1CCCCOC(=O)C(CCCCCC)CCCCCCCC. The maximum Gasteiger partial charge on any atom is 0.308 e. The molecule has 0 bridgehead atoms. The fourth-order valence-corrected chi connectivity index (χ4v) is 8.66. The molecule has 5 nitrogen and oxygen atoms in total. The lowest BCUT2D eigenvalue weighted by atomic mass is 9.90. The molecule has 53 heavy (non-hydrogen) atoms. The molecule has 0 aromatic heterocycles. The lowest BCUT2D eigenvalue weighted by Crippen LogP contribution is -2.33. The van der Waals surface area contributed by atoms with Crippen LogP contribution in [0.15, 0.2) is 0 Å². The molecule has 0 saturated carbocycles. The Balaban J connectivity index is 2.50. The molecule has 5 heteroatoms. The van der Waals surface area contributed by atoms with Gasteiger partial charge in [0.25, 0.3) is 0 Å². The van der Waals surface area contributed by atoms with Gasteiger partial charge in [0.2, 0.25) is 0 Å². The summed E-state index contributed by atoms with van der Waals surface area (Å²) in [6.45, 7) is 14.9. The molecule has 4 unspecified atom stereocenters. The summed E-state index contributed by atoms with van der Waals surface area (Å²) in [6.07, 6.45) is 39.6. The first-order valence-corrected chi connectivity index (χ1v) is 24.1. The van der Waals surface area contributed by atoms with Crippen molar-refractivity contribution in [3.8, 4) is 0 Å². The fourth-order valence-electron chi connectivity index (χ4n) is 8.66. The number of likely N-dealkylation sites (tertiary alicyclic amines) is 1. The number of hydrogen-bond acceptors (Lipinski definition) is 5. The van der Waals surface area contributed by atoms with E-state index in [2.05, 4.69) is 39.5 Å². The van der Waals surface area contributed by atoms with Gasteiger partial charge in [0.05, 0.1) is 25.0 Å². The zero-order valence-corrected chi connectivity index (χ0v) is 36.6. The average Bonchev–Trinajstić information content (AvgIpc) is 3.55. The Labute approximate surface area is 331 Å². The molecule has 1 saturated heterocycles. The van der Waals surface area contributed by atoms with Crippen LogP contribution in [0.2, 0.25) is 0 Å². The first-order chi connectivity index (χ1) is 26.0. The predicted molar refractivity (Wildman–Crippen MR) is 228 cm³/mol. The van der Waals surface area contributed by atoms with Gasteiger partial charge in [-0.1, -0.05) is 169 Å². The van der Waals surface area contributed by atoms with Crippen molar-refractivity contribution in [1.82, 2.24) is 4.90 Å². The molecule has 1 fully saturated rings. The highest BCUT2D eigenvalue weighted by Gasteiger charge is 2.32. The Bertz CT molecular complexity index is 817. The second-order valence-corrected chi connectivity index (χ2v) is 17.0. The number of ether oxygens (including phenoxy) is 2. The first-order valence-electron chi connectivity index (χ1n) is 24.1. The van der Waals surface area contributed by atoms with Crippen molar-refractivity contribution in [2.45, 2.75) is 253 Å². The van der Waals surface area contributed by atoms with E-state index in [1.54, 1.807) is 0 Å². The van der Waals surface area contributed by atoms with E-state index in [-0.39, 0.29) is 23.8 Å². The van der Waals surface area contributed by atoms with E-state index >= 15 is 0 Å². The minimum absolute atomic E-state index is 0.0734. The van der Waals surface area contributed by atoms with Crippen LogP contribution in [0, 0.1) is 17.8 Å². The molecular weight excluding hydrogens is 655 g/mol. The number of hydrogen-bond donors (Lipinski definition) is 0. The van der Waals surface area contributed by atoms with E-state index in [0.29, 0.717) is 19.3 Å². The lowest BCUT2D eigenvalue weighted by Gasteiger charge is -2.28. The number of nitrogens with zero attached hydrogens (tertiary/aromatic N) is 1. The second kappa shape index (κ2) is 36.5. The molecule has 1 aliphatic rings. The minimum Gasteiger partial charge on any atom is -0.465 e. The molecule has 4 atom stereocenters. The summed E-state index contributed by atoms with van der Waals surface area (Å²) < 4.78 is 11.9. The number of carbonyl (C=O) groups excluding carboxylic acids is 2. The van der Waals surface area contributed by atoms with Crippen molar-refractivity contribution in [3.05, 3.63) is 0 Å². The van der Waals surface area contributed by atoms with Gasteiger partial charge in [0.1, 0.15) is 0 Å². The summed E-state index contributed by atoms with van der Waals surface area (Å²) >= 11 is 0. The maximum atomic E-state index is 13.2. The molecule has 0 aromatic rings. The number of unbranched alkanes of at least 4 members (excludes halogenated alkanes) is 19. The van der Waals surface area contributed by atoms with Gasteiger partial charge >= 0.3 is 11.9 Å². The topological polar surface area (TPSA) is 55.8 Å². The van der Waals surface area contributed by atoms with Gasteiger partial charge in [0, 0.05) is 6.04 Å². The second-order valence-electron chi connectivity index (χ2n) is 17.0. The quantitative estimate of drug-likeness (QED) is 0.0463. The van der Waals surface area contributed by atoms with Crippen LogP contribution in [-0.4, -0.2) is 49.2 Å². The van der Waals surface area contributed by atoms with Crippen molar-refractivity contribution in [1.29, 1.82) is 0 Å². The van der Waals surface area contributed by atoms with E-state index in [0.717, 1.165) is 83.0 Å². The van der Waals surface area contributed by atoms with Crippen LogP contribution in [0.1, 0.15) is 247 Å². The van der Waals surface area contributed by atoms with Crippen molar-refractivity contribution in [2.75, 3.05) is 26.3 Å². The molecule has 0 aliphatic carbocycles. The Morgan fingerprint density at radius 2 is 0.849 bits per heavy atom. The van der Waals surface area contributed by atoms with Gasteiger partial charge in [0.15, 0.2) is 0 Å². The third-order valence-corrected chi connectivity index (χ3v) is 12.2. The smallest absolute Gasteiger partial charge is 0.308 e. The van der Waals surface area contributed by atoms with Crippen LogP contribution in [0.5, 0.6) is 0 Å². The lowest BCUT2D eigenvalue weighted by molar-refractivity contribution is -0.150. The average molecular weight is 748 g/mol. The largest absolute Gasteiger partial charge is 0.465 e. The van der Waals surface area contributed by atoms with Crippen LogP contribution in [0.4, 0.5) is 0 Å². The monoisotopic (exact) mass is 748 g/mol. The standard InChI is InChI=1S/C48H93NO4/c1-6-11-16-20-22-26-35-44(33-24-18-13-8-3)47(50)52-41-30-28-32-43-38-40-49(39-15-10-5)46(43)37-29-31-42-53-48(51)45(34-25-19-14-9-4)36-27-23-21-17-12-7-2/h43-46H,6-42H2,1-5H3. The molecular formula is C48H93NO4. The summed E-state index contributed by atoms with van der Waals surface area (Å²) in [5, 5.41) is 0. The first kappa shape index (κ1) is 49.9. The van der Waals surface area contributed by atoms with Crippen LogP contribution in [-0.2, 0) is 19.1 Å². The highest BCUT2D eigenvalue weighted by Crippen LogP contribution is 2.32. The fraction of sp³-hybridized carbons (Fsp3) is 0.958. The van der Waals surface area contributed by atoms with E-state index in [9.17, 15) is 9.59 Å². The molecule has 0 aromatic carbocycles. The molecule has 0 spiro atoms. The van der Waals surface area contributed by atoms with Gasteiger partial charge in [-0.25, -0.2) is 0 Å². The van der Waals surface area contributed by atoms with Crippen molar-refractivity contribution in [3.63, 3.8) is 0 Å². The molecule has 1 aliphatic heterocycles. The molecule has 1 rings (SSSR count). The Morgan fingerprint density at radius 1 is 0.472 bits per heavy atom. The maximum absolute atomic E-state index is 13.2. The Kier molecular flexibility index (Phi) is 34.4. The zero-order chi connectivity index (χ0) is 38.6. The third kappa shape index (κ3) is 26.4. The Morgan fingerprint density at radius 3 is 1.28 bits per heavy atom. The summed E-state index contributed by atoms with van der Waals surface area (Å²) in [5.41, 5.74) is 0. The summed E-state index contributed by atoms with van der Waals surface area (Å²) in [4.78, 5) is 29.1. The van der Waals surface area contributed by atoms with Crippen molar-refractivity contribution in [2.24, 2.45) is 17.8 Å². The number of esters is 2. The molecule has 0 N–H and O–H groups in total. The third-order valence-electron chi connectivity index (χ3n) is 12.2.